The van der Waals surface area contributed by atoms with E-state index in [-0.39, 0.29) is 24.8 Å². The number of amides is 4. The number of nitrogens with two attached hydrogens (primary N) is 1. The van der Waals surface area contributed by atoms with Gasteiger partial charge in [0, 0.05) is 45.9 Å². The van der Waals surface area contributed by atoms with E-state index >= 15 is 0 Å². The summed E-state index contributed by atoms with van der Waals surface area (Å²) >= 11 is 0. The van der Waals surface area contributed by atoms with Gasteiger partial charge in [-0.25, -0.2) is 4.79 Å². The van der Waals surface area contributed by atoms with Gasteiger partial charge in [0.05, 0.1) is 6.61 Å². The fourth-order valence-corrected chi connectivity index (χ4v) is 5.10. The van der Waals surface area contributed by atoms with Gasteiger partial charge < -0.3 is 35.1 Å². The third kappa shape index (κ3) is 11.1. The maximum absolute atomic E-state index is 13.5. The lowest BCUT2D eigenvalue weighted by Crippen LogP contribution is -2.56. The predicted octanol–water partition coefficient (Wildman–Crippen LogP) is 4.22. The molecule has 4 amide bonds. The van der Waals surface area contributed by atoms with Crippen molar-refractivity contribution in [3.05, 3.63) is 95.6 Å². The normalized spacial score (nSPS) is 14.6. The van der Waals surface area contributed by atoms with E-state index in [2.05, 4.69) is 5.32 Å². The molecule has 3 aromatic carbocycles. The van der Waals surface area contributed by atoms with Gasteiger partial charge in [-0.05, 0) is 61.7 Å². The Morgan fingerprint density at radius 2 is 1.30 bits per heavy atom. The minimum atomic E-state index is -0.853. The smallest absolute Gasteiger partial charge is 0.408 e. The first-order valence-electron chi connectivity index (χ1n) is 15.7. The van der Waals surface area contributed by atoms with Crippen LogP contribution in [0.1, 0.15) is 44.4 Å². The van der Waals surface area contributed by atoms with E-state index in [9.17, 15) is 19.2 Å². The number of piperazine rings is 1. The van der Waals surface area contributed by atoms with Crippen molar-refractivity contribution < 1.29 is 33.4 Å². The Balaban J connectivity index is 1.36. The molecular weight excluding hydrogens is 600 g/mol. The number of carbonyl (C=O) groups excluding carboxylic acids is 4. The summed E-state index contributed by atoms with van der Waals surface area (Å²) in [6.07, 6.45) is -0.861. The Labute approximate surface area is 276 Å². The van der Waals surface area contributed by atoms with Gasteiger partial charge in [0.25, 0.3) is 0 Å². The first kappa shape index (κ1) is 35.0. The molecule has 3 aromatic rings. The van der Waals surface area contributed by atoms with E-state index in [1.54, 1.807) is 42.7 Å². The van der Waals surface area contributed by atoms with Crippen molar-refractivity contribution in [1.82, 2.24) is 15.1 Å². The largest absolute Gasteiger partial charge is 0.457 e. The highest BCUT2D eigenvalue weighted by Crippen LogP contribution is 2.24. The molecule has 1 aliphatic heterocycles. The third-order valence-electron chi connectivity index (χ3n) is 7.58. The van der Waals surface area contributed by atoms with E-state index in [4.69, 9.17) is 19.9 Å². The van der Waals surface area contributed by atoms with Crippen LogP contribution in [0.25, 0.3) is 0 Å². The van der Waals surface area contributed by atoms with Crippen LogP contribution in [0.4, 0.5) is 4.79 Å². The van der Waals surface area contributed by atoms with E-state index < -0.39 is 29.7 Å². The van der Waals surface area contributed by atoms with Crippen LogP contribution in [-0.4, -0.2) is 77.5 Å². The summed E-state index contributed by atoms with van der Waals surface area (Å²) in [6, 6.07) is 23.4. The second-order valence-electron chi connectivity index (χ2n) is 12.5. The first-order chi connectivity index (χ1) is 22.4. The van der Waals surface area contributed by atoms with E-state index in [1.165, 1.54) is 6.92 Å². The van der Waals surface area contributed by atoms with Crippen molar-refractivity contribution in [3.8, 4) is 11.5 Å². The summed E-state index contributed by atoms with van der Waals surface area (Å²) in [4.78, 5) is 53.3. The molecule has 0 bridgehead atoms. The van der Waals surface area contributed by atoms with Gasteiger partial charge in [-0.3, -0.25) is 14.4 Å². The van der Waals surface area contributed by atoms with Crippen molar-refractivity contribution in [3.63, 3.8) is 0 Å². The zero-order chi connectivity index (χ0) is 34.0. The van der Waals surface area contributed by atoms with Crippen molar-refractivity contribution in [2.45, 2.75) is 64.9 Å². The van der Waals surface area contributed by atoms with Crippen molar-refractivity contribution >= 4 is 23.8 Å². The van der Waals surface area contributed by atoms with Gasteiger partial charge >= 0.3 is 6.09 Å². The molecule has 4 rings (SSSR count). The summed E-state index contributed by atoms with van der Waals surface area (Å²) in [7, 11) is 0. The van der Waals surface area contributed by atoms with Gasteiger partial charge in [-0.15, -0.1) is 0 Å². The van der Waals surface area contributed by atoms with E-state index in [0.717, 1.165) is 16.7 Å². The topological polar surface area (TPSA) is 140 Å². The summed E-state index contributed by atoms with van der Waals surface area (Å²) in [5, 5.41) is 2.75. The Bertz CT molecular complexity index is 1500. The van der Waals surface area contributed by atoms with Gasteiger partial charge in [-0.2, -0.15) is 0 Å². The predicted molar refractivity (Wildman–Crippen MR) is 177 cm³/mol. The fraction of sp³-hybridized carbons (Fsp3) is 0.389. The number of carbonyl (C=O) groups is 4. The molecule has 250 valence electrons. The van der Waals surface area contributed by atoms with Crippen LogP contribution >= 0.6 is 0 Å². The molecule has 0 radical (unpaired) electrons. The summed E-state index contributed by atoms with van der Waals surface area (Å²) < 4.78 is 17.2. The van der Waals surface area contributed by atoms with Crippen LogP contribution in [0.15, 0.2) is 78.9 Å². The molecule has 0 aromatic heterocycles. The molecule has 1 aliphatic rings. The second kappa shape index (κ2) is 16.1. The number of alkyl carbamates (subject to hydrolysis) is 1. The average molecular weight is 645 g/mol. The molecule has 1 saturated heterocycles. The Morgan fingerprint density at radius 1 is 0.766 bits per heavy atom. The number of rotatable bonds is 12. The highest BCUT2D eigenvalue weighted by atomic mass is 16.6. The third-order valence-corrected chi connectivity index (χ3v) is 7.58. The molecule has 11 heteroatoms. The monoisotopic (exact) mass is 644 g/mol. The standard InChI is InChI=1S/C36H44N4O7/c1-25(41)39-18-20-40(21-19-39)34(43)31(38-35(44)47-36(2,3)4)22-26-10-14-29(15-11-26)46-30-16-12-27(13-17-30)23-32(33(37)42)45-24-28-8-6-5-7-9-28/h5-17,31-32H,18-24H2,1-4H3,(H2,37,42)(H,38,44). The number of nitrogens with one attached hydrogen (secondary N) is 1. The number of benzene rings is 3. The van der Waals surface area contributed by atoms with Crippen LogP contribution < -0.4 is 15.8 Å². The van der Waals surface area contributed by atoms with Crippen molar-refractivity contribution in [1.29, 1.82) is 0 Å². The molecule has 11 nitrogen and oxygen atoms in total. The number of primary amides is 1. The second-order valence-corrected chi connectivity index (χ2v) is 12.5. The number of hydrogen-bond acceptors (Lipinski definition) is 7. The minimum absolute atomic E-state index is 0.0281. The molecule has 1 heterocycles. The minimum Gasteiger partial charge on any atom is -0.457 e. The van der Waals surface area contributed by atoms with E-state index in [0.29, 0.717) is 44.1 Å². The molecular formula is C36H44N4O7. The summed E-state index contributed by atoms with van der Waals surface area (Å²) in [6.45, 7) is 8.75. The maximum Gasteiger partial charge on any atom is 0.408 e. The van der Waals surface area contributed by atoms with Crippen LogP contribution in [-0.2, 0) is 43.3 Å². The van der Waals surface area contributed by atoms with Gasteiger partial charge in [-0.1, -0.05) is 54.6 Å². The molecule has 1 fully saturated rings. The highest BCUT2D eigenvalue weighted by Gasteiger charge is 2.31. The molecule has 47 heavy (non-hydrogen) atoms. The number of hydrogen-bond donors (Lipinski definition) is 2. The molecule has 2 atom stereocenters. The fourth-order valence-electron chi connectivity index (χ4n) is 5.10. The quantitative estimate of drug-likeness (QED) is 0.301. The first-order valence-corrected chi connectivity index (χ1v) is 15.7. The zero-order valence-electron chi connectivity index (χ0n) is 27.4. The molecule has 0 aliphatic carbocycles. The van der Waals surface area contributed by atoms with Crippen LogP contribution in [0, 0.1) is 0 Å². The van der Waals surface area contributed by atoms with Crippen LogP contribution in [0.2, 0.25) is 0 Å². The van der Waals surface area contributed by atoms with E-state index in [1.807, 2.05) is 66.7 Å². The SMILES string of the molecule is CC(=O)N1CCN(C(=O)C(Cc2ccc(Oc3ccc(CC(OCc4ccccc4)C(N)=O)cc3)cc2)NC(=O)OC(C)(C)C)CC1. The van der Waals surface area contributed by atoms with Crippen molar-refractivity contribution in [2.75, 3.05) is 26.2 Å². The van der Waals surface area contributed by atoms with Crippen molar-refractivity contribution in [2.24, 2.45) is 5.73 Å². The zero-order valence-corrected chi connectivity index (χ0v) is 27.4. The van der Waals surface area contributed by atoms with Gasteiger partial charge in [0.2, 0.25) is 17.7 Å². The average Bonchev–Trinajstić information content (AvgIpc) is 3.03. The van der Waals surface area contributed by atoms with Crippen LogP contribution in [0.3, 0.4) is 0 Å². The van der Waals surface area contributed by atoms with Gasteiger partial charge in [0.1, 0.15) is 29.2 Å². The molecule has 2 unspecified atom stereocenters. The van der Waals surface area contributed by atoms with Gasteiger partial charge in [0.15, 0.2) is 0 Å². The maximum atomic E-state index is 13.5. The Morgan fingerprint density at radius 3 is 1.81 bits per heavy atom. The summed E-state index contributed by atoms with van der Waals surface area (Å²) in [5.41, 5.74) is 7.52. The molecule has 0 spiro atoms. The number of nitrogens with zero attached hydrogens (tertiary/aromatic N) is 2. The Kier molecular flexibility index (Phi) is 12.0. The lowest BCUT2D eigenvalue weighted by Gasteiger charge is -2.36. The number of ether oxygens (including phenoxy) is 3. The highest BCUT2D eigenvalue weighted by molar-refractivity contribution is 5.86. The lowest BCUT2D eigenvalue weighted by atomic mass is 10.0. The Hall–Kier alpha value is -4.90. The lowest BCUT2D eigenvalue weighted by molar-refractivity contribution is -0.139. The summed E-state index contributed by atoms with van der Waals surface area (Å²) in [5.74, 6) is 0.406. The van der Waals surface area contributed by atoms with Crippen LogP contribution in [0.5, 0.6) is 11.5 Å². The molecule has 0 saturated carbocycles. The molecule has 3 N–H and O–H groups in total.